The quantitative estimate of drug-likeness (QED) is 0.261. The van der Waals surface area contributed by atoms with Crippen molar-refractivity contribution < 1.29 is 45.8 Å². The lowest BCUT2D eigenvalue weighted by atomic mass is 9.79. The molecule has 3 aromatic rings. The fourth-order valence-corrected chi connectivity index (χ4v) is 5.41. The van der Waals surface area contributed by atoms with Crippen LogP contribution in [0.1, 0.15) is 54.6 Å². The molecule has 0 spiro atoms. The van der Waals surface area contributed by atoms with Crippen LogP contribution in [-0.2, 0) is 46.0 Å². The number of amides is 2. The molecule has 2 amide bonds. The van der Waals surface area contributed by atoms with E-state index >= 15 is 0 Å². The highest BCUT2D eigenvalue weighted by atomic mass is 19.4. The number of para-hydroxylation sites is 1. The topological polar surface area (TPSA) is 111 Å². The van der Waals surface area contributed by atoms with Gasteiger partial charge >= 0.3 is 18.3 Å². The molecule has 3 atom stereocenters. The van der Waals surface area contributed by atoms with E-state index in [0.717, 1.165) is 18.2 Å². The van der Waals surface area contributed by atoms with Gasteiger partial charge < -0.3 is 20.7 Å². The summed E-state index contributed by atoms with van der Waals surface area (Å²) < 4.78 is 81.0. The Balaban J connectivity index is 1.60. The normalized spacial score (nSPS) is 18.7. The Morgan fingerprint density at radius 2 is 1.64 bits per heavy atom. The second-order valence-corrected chi connectivity index (χ2v) is 10.6. The number of carboxylic acid groups (broad SMARTS) is 1. The highest BCUT2D eigenvalue weighted by Crippen LogP contribution is 2.40. The molecule has 0 fully saturated rings. The monoisotopic (exact) mass is 597 g/mol. The standard InChI is InChI=1S/C29H29F6N3O4/c1-3-15(2)23(37-22(39)13-16-7-4-5-9-19(16)28(30,31)32)25(40)38-27(26(41)42)12-11-21-18(14-27)17-8-6-10-20(24(17)36-21)29(33,34)35/h4-10,15,23,36H,3,11-14H2,1-2H3,(H,37,39)(H,38,40)(H,41,42)/t15?,23?,27-/m1/s1. The van der Waals surface area contributed by atoms with E-state index in [1.807, 2.05) is 0 Å². The number of carbonyl (C=O) groups excluding carboxylic acids is 2. The summed E-state index contributed by atoms with van der Waals surface area (Å²) >= 11 is 0. The van der Waals surface area contributed by atoms with Crippen LogP contribution in [-0.4, -0.2) is 39.5 Å². The minimum Gasteiger partial charge on any atom is -0.479 e. The van der Waals surface area contributed by atoms with Gasteiger partial charge in [-0.05, 0) is 42.0 Å². The minimum absolute atomic E-state index is 0.0302. The van der Waals surface area contributed by atoms with Gasteiger partial charge in [0.15, 0.2) is 0 Å². The van der Waals surface area contributed by atoms with Crippen molar-refractivity contribution in [3.8, 4) is 0 Å². The SMILES string of the molecule is CCC(C)C(NC(=O)Cc1ccccc1C(F)(F)F)C(=O)N[C@]1(C(=O)O)CCc2[nH]c3c(C(F)(F)F)cccc3c2C1. The van der Waals surface area contributed by atoms with Gasteiger partial charge in [0.2, 0.25) is 11.8 Å². The molecule has 1 aliphatic rings. The van der Waals surface area contributed by atoms with E-state index in [1.165, 1.54) is 24.3 Å². The molecule has 2 aromatic carbocycles. The molecule has 1 aromatic heterocycles. The van der Waals surface area contributed by atoms with Gasteiger partial charge in [0.1, 0.15) is 11.6 Å². The Bertz CT molecular complexity index is 1510. The number of H-pyrrole nitrogens is 1. The van der Waals surface area contributed by atoms with Crippen molar-refractivity contribution in [2.45, 2.75) is 69.9 Å². The Labute approximate surface area is 236 Å². The second-order valence-electron chi connectivity index (χ2n) is 10.6. The van der Waals surface area contributed by atoms with Crippen LogP contribution in [0.5, 0.6) is 0 Å². The van der Waals surface area contributed by atoms with Crippen LogP contribution >= 0.6 is 0 Å². The van der Waals surface area contributed by atoms with Crippen LogP contribution in [0.3, 0.4) is 0 Å². The van der Waals surface area contributed by atoms with Crippen LogP contribution in [0.15, 0.2) is 42.5 Å². The fraction of sp³-hybridized carbons (Fsp3) is 0.414. The zero-order valence-electron chi connectivity index (χ0n) is 22.7. The van der Waals surface area contributed by atoms with Crippen molar-refractivity contribution in [3.05, 3.63) is 70.4 Å². The third kappa shape index (κ3) is 6.09. The number of carboxylic acids is 1. The number of fused-ring (bicyclic) bond motifs is 3. The third-order valence-corrected chi connectivity index (χ3v) is 7.87. The summed E-state index contributed by atoms with van der Waals surface area (Å²) in [5.74, 6) is -3.65. The molecule has 1 heterocycles. The van der Waals surface area contributed by atoms with Gasteiger partial charge in [-0.2, -0.15) is 26.3 Å². The number of rotatable bonds is 8. The molecule has 7 nitrogen and oxygen atoms in total. The second kappa shape index (κ2) is 11.3. The van der Waals surface area contributed by atoms with Crippen LogP contribution in [0.2, 0.25) is 0 Å². The van der Waals surface area contributed by atoms with E-state index in [4.69, 9.17) is 0 Å². The van der Waals surface area contributed by atoms with Crippen molar-refractivity contribution in [2.75, 3.05) is 0 Å². The average molecular weight is 598 g/mol. The van der Waals surface area contributed by atoms with Crippen molar-refractivity contribution in [3.63, 3.8) is 0 Å². The summed E-state index contributed by atoms with van der Waals surface area (Å²) in [5.41, 5.74) is -3.48. The number of hydrogen-bond donors (Lipinski definition) is 4. The van der Waals surface area contributed by atoms with Crippen molar-refractivity contribution >= 4 is 28.7 Å². The van der Waals surface area contributed by atoms with Gasteiger partial charge in [0.05, 0.1) is 23.1 Å². The van der Waals surface area contributed by atoms with Crippen LogP contribution in [0.4, 0.5) is 26.3 Å². The molecule has 0 saturated heterocycles. The minimum atomic E-state index is -4.69. The van der Waals surface area contributed by atoms with Gasteiger partial charge in [0.25, 0.3) is 0 Å². The first-order valence-electron chi connectivity index (χ1n) is 13.3. The van der Waals surface area contributed by atoms with Crippen molar-refractivity contribution in [2.24, 2.45) is 5.92 Å². The number of aliphatic carboxylic acids is 1. The number of aromatic amines is 1. The molecule has 0 saturated carbocycles. The number of carbonyl (C=O) groups is 3. The predicted octanol–water partition coefficient (Wildman–Crippen LogP) is 5.41. The Morgan fingerprint density at radius 3 is 2.26 bits per heavy atom. The first kappa shape index (κ1) is 30.9. The number of halogens is 6. The molecule has 2 unspecified atom stereocenters. The molecule has 13 heteroatoms. The molecule has 42 heavy (non-hydrogen) atoms. The predicted molar refractivity (Wildman–Crippen MR) is 140 cm³/mol. The van der Waals surface area contributed by atoms with E-state index < -0.39 is 65.2 Å². The highest BCUT2D eigenvalue weighted by Gasteiger charge is 2.46. The maximum atomic E-state index is 13.6. The molecule has 1 aliphatic carbocycles. The average Bonchev–Trinajstić information content (AvgIpc) is 3.28. The molecular weight excluding hydrogens is 568 g/mol. The van der Waals surface area contributed by atoms with Gasteiger partial charge in [-0.25, -0.2) is 4.79 Å². The molecule has 226 valence electrons. The van der Waals surface area contributed by atoms with Crippen molar-refractivity contribution in [1.29, 1.82) is 0 Å². The molecule has 0 bridgehead atoms. The van der Waals surface area contributed by atoms with Crippen LogP contribution in [0, 0.1) is 5.92 Å². The molecule has 0 radical (unpaired) electrons. The smallest absolute Gasteiger partial charge is 0.418 e. The summed E-state index contributed by atoms with van der Waals surface area (Å²) in [4.78, 5) is 41.7. The summed E-state index contributed by atoms with van der Waals surface area (Å²) in [7, 11) is 0. The lowest BCUT2D eigenvalue weighted by molar-refractivity contribution is -0.149. The number of aromatic nitrogens is 1. The maximum absolute atomic E-state index is 13.6. The lowest BCUT2D eigenvalue weighted by Crippen LogP contribution is -2.62. The molecular formula is C29H29F6N3O4. The zero-order valence-corrected chi connectivity index (χ0v) is 22.7. The summed E-state index contributed by atoms with van der Waals surface area (Å²) in [6, 6.07) is 6.86. The molecule has 0 aliphatic heterocycles. The van der Waals surface area contributed by atoms with Crippen molar-refractivity contribution in [1.82, 2.24) is 15.6 Å². The summed E-state index contributed by atoms with van der Waals surface area (Å²) in [6.07, 6.45) is -10.1. The number of aryl methyl sites for hydroxylation is 1. The van der Waals surface area contributed by atoms with Gasteiger partial charge in [0, 0.05) is 17.5 Å². The summed E-state index contributed by atoms with van der Waals surface area (Å²) in [6.45, 7) is 3.35. The number of benzene rings is 2. The molecule has 4 rings (SSSR count). The van der Waals surface area contributed by atoms with E-state index in [9.17, 15) is 45.8 Å². The largest absolute Gasteiger partial charge is 0.479 e. The maximum Gasteiger partial charge on any atom is 0.418 e. The lowest BCUT2D eigenvalue weighted by Gasteiger charge is -2.36. The Morgan fingerprint density at radius 1 is 1.00 bits per heavy atom. The highest BCUT2D eigenvalue weighted by molar-refractivity contribution is 5.95. The van der Waals surface area contributed by atoms with Crippen LogP contribution < -0.4 is 10.6 Å². The molecule has 4 N–H and O–H groups in total. The fourth-order valence-electron chi connectivity index (χ4n) is 5.41. The first-order chi connectivity index (χ1) is 19.6. The van der Waals surface area contributed by atoms with Gasteiger partial charge in [-0.3, -0.25) is 9.59 Å². The number of hydrogen-bond acceptors (Lipinski definition) is 3. The number of alkyl halides is 6. The Hall–Kier alpha value is -4.03. The first-order valence-corrected chi connectivity index (χ1v) is 13.3. The van der Waals surface area contributed by atoms with Crippen LogP contribution in [0.25, 0.3) is 10.9 Å². The van der Waals surface area contributed by atoms with E-state index in [0.29, 0.717) is 17.7 Å². The van der Waals surface area contributed by atoms with E-state index in [2.05, 4.69) is 15.6 Å². The van der Waals surface area contributed by atoms with Gasteiger partial charge in [-0.15, -0.1) is 0 Å². The van der Waals surface area contributed by atoms with E-state index in [1.54, 1.807) is 13.8 Å². The number of nitrogens with one attached hydrogen (secondary N) is 3. The van der Waals surface area contributed by atoms with Gasteiger partial charge in [-0.1, -0.05) is 50.6 Å². The third-order valence-electron chi connectivity index (χ3n) is 7.87. The Kier molecular flexibility index (Phi) is 8.34. The zero-order chi connectivity index (χ0) is 31.0. The summed E-state index contributed by atoms with van der Waals surface area (Å²) in [5, 5.41) is 15.4. The van der Waals surface area contributed by atoms with E-state index in [-0.39, 0.29) is 35.7 Å².